The van der Waals surface area contributed by atoms with Gasteiger partial charge >= 0.3 is 0 Å². The lowest BCUT2D eigenvalue weighted by Gasteiger charge is -2.01. The summed E-state index contributed by atoms with van der Waals surface area (Å²) in [7, 11) is 0. The molecule has 2 amide bonds. The minimum Gasteiger partial charge on any atom is -0.278 e. The Morgan fingerprint density at radius 2 is 1.80 bits per heavy atom. The van der Waals surface area contributed by atoms with E-state index in [0.29, 0.717) is 0 Å². The number of hydrogen-bond acceptors (Lipinski definition) is 3. The highest BCUT2D eigenvalue weighted by atomic mass is 16.5. The Kier molecular flexibility index (Phi) is 5.56. The van der Waals surface area contributed by atoms with Gasteiger partial charge in [0.2, 0.25) is 0 Å². The van der Waals surface area contributed by atoms with Gasteiger partial charge in [-0.05, 0) is 13.3 Å². The number of carbonyl (C=O) groups is 2. The maximum absolute atomic E-state index is 11.2. The molecular formula is C11H17NO3. The molecule has 0 aliphatic carbocycles. The number of allylic oxidation sites excluding steroid dienone is 1. The van der Waals surface area contributed by atoms with E-state index in [1.807, 2.05) is 20.8 Å². The Morgan fingerprint density at radius 1 is 1.27 bits per heavy atom. The summed E-state index contributed by atoms with van der Waals surface area (Å²) in [5, 5.41) is 9.11. The summed E-state index contributed by atoms with van der Waals surface area (Å²) in [4.78, 5) is 22.2. The third-order valence-electron chi connectivity index (χ3n) is 1.86. The van der Waals surface area contributed by atoms with Crippen molar-refractivity contribution < 1.29 is 14.8 Å². The number of rotatable bonds is 2. The molecule has 0 bridgehead atoms. The quantitative estimate of drug-likeness (QED) is 0.561. The van der Waals surface area contributed by atoms with E-state index in [1.165, 1.54) is 6.92 Å². The van der Waals surface area contributed by atoms with Crippen molar-refractivity contribution in [3.05, 3.63) is 23.3 Å². The van der Waals surface area contributed by atoms with E-state index >= 15 is 0 Å². The Hall–Kier alpha value is -1.42. The average molecular weight is 211 g/mol. The third kappa shape index (κ3) is 2.76. The summed E-state index contributed by atoms with van der Waals surface area (Å²) in [5.41, 5.74) is 0.562. The molecule has 1 N–H and O–H groups in total. The van der Waals surface area contributed by atoms with Gasteiger partial charge in [-0.2, -0.15) is 0 Å². The van der Waals surface area contributed by atoms with Gasteiger partial charge in [0.1, 0.15) is 0 Å². The minimum atomic E-state index is -0.646. The minimum absolute atomic E-state index is 0.144. The molecule has 1 aliphatic heterocycles. The lowest BCUT2D eigenvalue weighted by Crippen LogP contribution is -2.27. The van der Waals surface area contributed by atoms with Crippen LogP contribution in [-0.2, 0) is 9.59 Å². The molecule has 0 unspecified atom stereocenters. The fourth-order valence-corrected chi connectivity index (χ4v) is 1.07. The predicted molar refractivity (Wildman–Crippen MR) is 57.1 cm³/mol. The Morgan fingerprint density at radius 3 is 2.13 bits per heavy atom. The van der Waals surface area contributed by atoms with Gasteiger partial charge in [-0.1, -0.05) is 32.9 Å². The highest BCUT2D eigenvalue weighted by Gasteiger charge is 2.33. The van der Waals surface area contributed by atoms with Gasteiger partial charge in [0.15, 0.2) is 0 Å². The second-order valence-electron chi connectivity index (χ2n) is 2.77. The van der Waals surface area contributed by atoms with Crippen molar-refractivity contribution >= 4 is 11.8 Å². The van der Waals surface area contributed by atoms with Crippen LogP contribution in [0.3, 0.4) is 0 Å². The van der Waals surface area contributed by atoms with Crippen molar-refractivity contribution in [3.8, 4) is 0 Å². The van der Waals surface area contributed by atoms with E-state index in [2.05, 4.69) is 0 Å². The lowest BCUT2D eigenvalue weighted by atomic mass is 10.1. The van der Waals surface area contributed by atoms with Crippen LogP contribution in [0, 0.1) is 0 Å². The van der Waals surface area contributed by atoms with Crippen molar-refractivity contribution in [2.45, 2.75) is 34.1 Å². The Bertz CT molecular complexity index is 316. The number of hydrogen-bond donors (Lipinski definition) is 1. The van der Waals surface area contributed by atoms with Crippen LogP contribution in [-0.4, -0.2) is 22.1 Å². The van der Waals surface area contributed by atoms with E-state index in [4.69, 9.17) is 5.21 Å². The molecule has 0 atom stereocenters. The second-order valence-corrected chi connectivity index (χ2v) is 2.77. The molecule has 4 nitrogen and oxygen atoms in total. The van der Waals surface area contributed by atoms with Gasteiger partial charge < -0.3 is 0 Å². The number of imide groups is 1. The van der Waals surface area contributed by atoms with Gasteiger partial charge in [-0.15, -0.1) is 5.06 Å². The molecule has 1 rings (SSSR count). The molecule has 0 saturated carbocycles. The first-order chi connectivity index (χ1) is 7.09. The van der Waals surface area contributed by atoms with E-state index < -0.39 is 11.8 Å². The number of nitrogens with zero attached hydrogens (tertiary/aromatic N) is 1. The monoisotopic (exact) mass is 211 g/mol. The summed E-state index contributed by atoms with van der Waals surface area (Å²) in [6.07, 6.45) is 4.11. The van der Waals surface area contributed by atoms with Crippen LogP contribution < -0.4 is 0 Å². The molecule has 0 aromatic carbocycles. The van der Waals surface area contributed by atoms with Gasteiger partial charge in [-0.25, -0.2) is 0 Å². The smallest absolute Gasteiger partial charge is 0.278 e. The zero-order valence-corrected chi connectivity index (χ0v) is 9.57. The maximum Gasteiger partial charge on any atom is 0.285 e. The summed E-state index contributed by atoms with van der Waals surface area (Å²) < 4.78 is 0. The van der Waals surface area contributed by atoms with Crippen LogP contribution in [0.25, 0.3) is 0 Å². The van der Waals surface area contributed by atoms with E-state index in [0.717, 1.165) is 6.42 Å². The first kappa shape index (κ1) is 13.6. The molecule has 15 heavy (non-hydrogen) atoms. The fourth-order valence-electron chi connectivity index (χ4n) is 1.07. The van der Waals surface area contributed by atoms with E-state index in [1.54, 1.807) is 12.2 Å². The molecular weight excluding hydrogens is 194 g/mol. The molecule has 0 aromatic rings. The third-order valence-corrected chi connectivity index (χ3v) is 1.86. The first-order valence-electron chi connectivity index (χ1n) is 5.04. The highest BCUT2D eigenvalue weighted by molar-refractivity contribution is 6.19. The topological polar surface area (TPSA) is 57.6 Å². The highest BCUT2D eigenvalue weighted by Crippen LogP contribution is 2.19. The van der Waals surface area contributed by atoms with Crippen LogP contribution in [0.5, 0.6) is 0 Å². The number of amides is 2. The Balaban J connectivity index is 0.000000921. The second kappa shape index (κ2) is 6.14. The molecule has 0 radical (unpaired) electrons. The normalized spacial score (nSPS) is 16.2. The van der Waals surface area contributed by atoms with Crippen molar-refractivity contribution in [2.24, 2.45) is 0 Å². The van der Waals surface area contributed by atoms with Crippen molar-refractivity contribution in [3.63, 3.8) is 0 Å². The van der Waals surface area contributed by atoms with Crippen LogP contribution >= 0.6 is 0 Å². The first-order valence-corrected chi connectivity index (χ1v) is 5.04. The molecule has 0 fully saturated rings. The zero-order chi connectivity index (χ0) is 12.0. The van der Waals surface area contributed by atoms with Crippen LogP contribution in [0.15, 0.2) is 23.3 Å². The largest absolute Gasteiger partial charge is 0.285 e. The summed E-state index contributed by atoms with van der Waals surface area (Å²) in [6, 6.07) is 0. The zero-order valence-electron chi connectivity index (χ0n) is 9.57. The number of carbonyl (C=O) groups excluding carboxylic acids is 2. The molecule has 1 heterocycles. The molecule has 0 spiro atoms. The van der Waals surface area contributed by atoms with Crippen molar-refractivity contribution in [1.82, 2.24) is 5.06 Å². The maximum atomic E-state index is 11.2. The molecule has 4 heteroatoms. The van der Waals surface area contributed by atoms with Gasteiger partial charge in [0.05, 0.1) is 5.57 Å². The summed E-state index contributed by atoms with van der Waals surface area (Å²) in [5.74, 6) is -1.28. The Labute approximate surface area is 89.8 Å². The van der Waals surface area contributed by atoms with Gasteiger partial charge in [0.25, 0.3) is 11.8 Å². The summed E-state index contributed by atoms with van der Waals surface area (Å²) >= 11 is 0. The van der Waals surface area contributed by atoms with Crippen molar-refractivity contribution in [2.75, 3.05) is 0 Å². The van der Waals surface area contributed by atoms with E-state index in [-0.39, 0.29) is 16.2 Å². The SMILES string of the molecule is CC.CC/C=C\C1=C(C)C(=O)N(O)C1=O. The van der Waals surface area contributed by atoms with Gasteiger partial charge in [-0.3, -0.25) is 14.8 Å². The average Bonchev–Trinajstić information content (AvgIpc) is 2.45. The van der Waals surface area contributed by atoms with Crippen LogP contribution in [0.4, 0.5) is 0 Å². The van der Waals surface area contributed by atoms with Crippen LogP contribution in [0.2, 0.25) is 0 Å². The fraction of sp³-hybridized carbons (Fsp3) is 0.455. The molecule has 84 valence electrons. The van der Waals surface area contributed by atoms with E-state index in [9.17, 15) is 9.59 Å². The standard InChI is InChI=1S/C9H11NO3.C2H6/c1-3-4-5-7-6(2)8(11)10(13)9(7)12;1-2/h4-5,13H,3H2,1-2H3;1-2H3/b5-4-;. The van der Waals surface area contributed by atoms with Crippen LogP contribution in [0.1, 0.15) is 34.1 Å². The molecule has 0 saturated heterocycles. The van der Waals surface area contributed by atoms with Crippen molar-refractivity contribution in [1.29, 1.82) is 0 Å². The number of hydroxylamine groups is 2. The van der Waals surface area contributed by atoms with Gasteiger partial charge in [0, 0.05) is 5.57 Å². The molecule has 0 aromatic heterocycles. The predicted octanol–water partition coefficient (Wildman–Crippen LogP) is 2.05. The lowest BCUT2D eigenvalue weighted by molar-refractivity contribution is -0.169. The summed E-state index contributed by atoms with van der Waals surface area (Å²) in [6.45, 7) is 7.44. The molecule has 1 aliphatic rings.